The van der Waals surface area contributed by atoms with Crippen LogP contribution in [0.3, 0.4) is 0 Å². The summed E-state index contributed by atoms with van der Waals surface area (Å²) in [5, 5.41) is 26.2. The van der Waals surface area contributed by atoms with E-state index in [2.05, 4.69) is 15.5 Å². The van der Waals surface area contributed by atoms with Crippen molar-refractivity contribution in [3.05, 3.63) is 35.5 Å². The Morgan fingerprint density at radius 1 is 1.33 bits per heavy atom. The molecular weight excluding hydrogens is 234 g/mol. The third-order valence-corrected chi connectivity index (χ3v) is 2.62. The van der Waals surface area contributed by atoms with E-state index in [9.17, 15) is 10.2 Å². The van der Waals surface area contributed by atoms with Crippen LogP contribution < -0.4 is 5.32 Å². The number of benzene rings is 1. The van der Waals surface area contributed by atoms with Crippen LogP contribution in [0.25, 0.3) is 0 Å². The first kappa shape index (κ1) is 12.4. The molecule has 3 N–H and O–H groups in total. The second-order valence-electron chi connectivity index (χ2n) is 4.05. The Kier molecular flexibility index (Phi) is 3.47. The fourth-order valence-electron chi connectivity index (χ4n) is 1.74. The molecule has 1 aromatic heterocycles. The molecule has 0 saturated carbocycles. The van der Waals surface area contributed by atoms with E-state index in [1.54, 1.807) is 13.0 Å². The van der Waals surface area contributed by atoms with Gasteiger partial charge >= 0.3 is 0 Å². The molecule has 1 atom stereocenters. The lowest BCUT2D eigenvalue weighted by atomic mass is 10.1. The highest BCUT2D eigenvalue weighted by Crippen LogP contribution is 2.32. The lowest BCUT2D eigenvalue weighted by Gasteiger charge is -2.15. The quantitative estimate of drug-likeness (QED) is 0.763. The number of nitrogens with zero attached hydrogens (tertiary/aromatic N) is 2. The lowest BCUT2D eigenvalue weighted by Crippen LogP contribution is -2.18. The molecule has 0 saturated heterocycles. The Morgan fingerprint density at radius 2 is 2.00 bits per heavy atom. The van der Waals surface area contributed by atoms with Crippen LogP contribution in [-0.2, 0) is 6.54 Å². The van der Waals surface area contributed by atoms with E-state index in [1.165, 1.54) is 12.1 Å². The first-order chi connectivity index (χ1) is 8.58. The molecular formula is C12H15N3O3. The van der Waals surface area contributed by atoms with Gasteiger partial charge in [-0.25, -0.2) is 0 Å². The monoisotopic (exact) mass is 249 g/mol. The summed E-state index contributed by atoms with van der Waals surface area (Å²) in [6, 6.07) is 4.41. The summed E-state index contributed by atoms with van der Waals surface area (Å²) in [7, 11) is 0. The van der Waals surface area contributed by atoms with Crippen molar-refractivity contribution in [3.8, 4) is 11.5 Å². The molecule has 0 aliphatic heterocycles. The predicted molar refractivity (Wildman–Crippen MR) is 64.1 cm³/mol. The van der Waals surface area contributed by atoms with Crippen molar-refractivity contribution in [1.29, 1.82) is 0 Å². The molecule has 0 aliphatic carbocycles. The minimum absolute atomic E-state index is 0.0525. The maximum atomic E-state index is 9.71. The fourth-order valence-corrected chi connectivity index (χ4v) is 1.74. The van der Waals surface area contributed by atoms with Gasteiger partial charge in [0.2, 0.25) is 5.89 Å². The van der Waals surface area contributed by atoms with Crippen LogP contribution in [0.5, 0.6) is 11.5 Å². The maximum Gasteiger partial charge on any atom is 0.240 e. The number of aromatic hydroxyl groups is 2. The molecule has 2 aromatic rings. The van der Waals surface area contributed by atoms with E-state index in [0.29, 0.717) is 23.8 Å². The Morgan fingerprint density at radius 3 is 2.56 bits per heavy atom. The zero-order valence-electron chi connectivity index (χ0n) is 10.2. The Hall–Kier alpha value is -2.08. The fraction of sp³-hybridized carbons (Fsp3) is 0.333. The van der Waals surface area contributed by atoms with Crippen LogP contribution in [-0.4, -0.2) is 20.4 Å². The van der Waals surface area contributed by atoms with Crippen LogP contribution in [0, 0.1) is 6.92 Å². The van der Waals surface area contributed by atoms with Crippen molar-refractivity contribution in [2.24, 2.45) is 0 Å². The van der Waals surface area contributed by atoms with Gasteiger partial charge < -0.3 is 20.1 Å². The number of aromatic nitrogens is 2. The van der Waals surface area contributed by atoms with Crippen LogP contribution in [0.4, 0.5) is 0 Å². The average Bonchev–Trinajstić information content (AvgIpc) is 2.72. The van der Waals surface area contributed by atoms with E-state index in [0.717, 1.165) is 0 Å². The molecule has 0 amide bonds. The smallest absolute Gasteiger partial charge is 0.240 e. The van der Waals surface area contributed by atoms with Crippen LogP contribution in [0.15, 0.2) is 22.7 Å². The number of hydrogen-bond donors (Lipinski definition) is 3. The normalized spacial score (nSPS) is 12.6. The van der Waals surface area contributed by atoms with E-state index < -0.39 is 0 Å². The van der Waals surface area contributed by atoms with Gasteiger partial charge in [-0.1, -0.05) is 11.2 Å². The van der Waals surface area contributed by atoms with Crippen LogP contribution >= 0.6 is 0 Å². The number of rotatable bonds is 4. The van der Waals surface area contributed by atoms with Crippen molar-refractivity contribution in [3.63, 3.8) is 0 Å². The topological polar surface area (TPSA) is 91.4 Å². The predicted octanol–water partition coefficient (Wildman–Crippen LogP) is 1.64. The molecule has 18 heavy (non-hydrogen) atoms. The summed E-state index contributed by atoms with van der Waals surface area (Å²) < 4.78 is 4.96. The number of nitrogens with one attached hydrogen (secondary N) is 1. The molecule has 1 unspecified atom stereocenters. The van der Waals surface area contributed by atoms with Gasteiger partial charge in [0, 0.05) is 6.04 Å². The number of phenols is 2. The molecule has 96 valence electrons. The van der Waals surface area contributed by atoms with E-state index in [4.69, 9.17) is 4.52 Å². The molecule has 0 bridgehead atoms. The van der Waals surface area contributed by atoms with Gasteiger partial charge in [0.1, 0.15) is 11.5 Å². The summed E-state index contributed by atoms with van der Waals surface area (Å²) in [6.07, 6.45) is 0. The van der Waals surface area contributed by atoms with Gasteiger partial charge in [0.25, 0.3) is 0 Å². The first-order valence-corrected chi connectivity index (χ1v) is 5.61. The van der Waals surface area contributed by atoms with E-state index in [1.807, 2.05) is 6.92 Å². The molecule has 1 heterocycles. The summed E-state index contributed by atoms with van der Waals surface area (Å²) in [4.78, 5) is 4.06. The van der Waals surface area contributed by atoms with Crippen molar-refractivity contribution in [2.45, 2.75) is 26.4 Å². The molecule has 0 radical (unpaired) electrons. The van der Waals surface area contributed by atoms with Crippen LogP contribution in [0.1, 0.15) is 30.2 Å². The van der Waals surface area contributed by atoms with Crippen LogP contribution in [0.2, 0.25) is 0 Å². The molecule has 0 spiro atoms. The van der Waals surface area contributed by atoms with Crippen molar-refractivity contribution < 1.29 is 14.7 Å². The standard InChI is InChI=1S/C12H15N3O3/c1-7(12-9(16)4-3-5-10(12)17)13-6-11-14-8(2)15-18-11/h3-5,7,13,16-17H,6H2,1-2H3. The van der Waals surface area contributed by atoms with Gasteiger partial charge in [-0.05, 0) is 26.0 Å². The van der Waals surface area contributed by atoms with Gasteiger partial charge in [0.15, 0.2) is 5.82 Å². The minimum Gasteiger partial charge on any atom is -0.507 e. The van der Waals surface area contributed by atoms with Gasteiger partial charge in [0.05, 0.1) is 12.1 Å². The Balaban J connectivity index is 2.06. The summed E-state index contributed by atoms with van der Waals surface area (Å²) >= 11 is 0. The molecule has 0 aliphatic rings. The highest BCUT2D eigenvalue weighted by molar-refractivity contribution is 5.44. The molecule has 2 rings (SSSR count). The first-order valence-electron chi connectivity index (χ1n) is 5.61. The Labute approximate surface area is 104 Å². The highest BCUT2D eigenvalue weighted by atomic mass is 16.5. The van der Waals surface area contributed by atoms with Crippen molar-refractivity contribution in [1.82, 2.24) is 15.5 Å². The maximum absolute atomic E-state index is 9.71. The second kappa shape index (κ2) is 5.05. The van der Waals surface area contributed by atoms with E-state index in [-0.39, 0.29) is 17.5 Å². The second-order valence-corrected chi connectivity index (χ2v) is 4.05. The molecule has 0 fully saturated rings. The van der Waals surface area contributed by atoms with Crippen molar-refractivity contribution >= 4 is 0 Å². The number of hydrogen-bond acceptors (Lipinski definition) is 6. The average molecular weight is 249 g/mol. The largest absolute Gasteiger partial charge is 0.507 e. The Bertz CT molecular complexity index is 519. The SMILES string of the molecule is Cc1noc(CNC(C)c2c(O)cccc2O)n1. The summed E-state index contributed by atoms with van der Waals surface area (Å²) in [6.45, 7) is 3.94. The number of aryl methyl sites for hydroxylation is 1. The van der Waals surface area contributed by atoms with Gasteiger partial charge in [-0.3, -0.25) is 0 Å². The molecule has 1 aromatic carbocycles. The minimum atomic E-state index is -0.238. The third kappa shape index (κ3) is 2.60. The highest BCUT2D eigenvalue weighted by Gasteiger charge is 2.15. The van der Waals surface area contributed by atoms with Gasteiger partial charge in [-0.15, -0.1) is 0 Å². The van der Waals surface area contributed by atoms with Gasteiger partial charge in [-0.2, -0.15) is 4.98 Å². The lowest BCUT2D eigenvalue weighted by molar-refractivity contribution is 0.353. The van der Waals surface area contributed by atoms with Crippen molar-refractivity contribution in [2.75, 3.05) is 0 Å². The zero-order valence-corrected chi connectivity index (χ0v) is 10.2. The molecule has 6 nitrogen and oxygen atoms in total. The number of phenolic OH excluding ortho intramolecular Hbond substituents is 2. The zero-order chi connectivity index (χ0) is 13.1. The summed E-state index contributed by atoms with van der Waals surface area (Å²) in [5.74, 6) is 1.15. The molecule has 6 heteroatoms. The van der Waals surface area contributed by atoms with E-state index >= 15 is 0 Å². The third-order valence-electron chi connectivity index (χ3n) is 2.62. The summed E-state index contributed by atoms with van der Waals surface area (Å²) in [5.41, 5.74) is 0.453.